The molecule has 3 heterocycles. The number of esters is 1. The Morgan fingerprint density at radius 2 is 2.00 bits per heavy atom. The fraction of sp³-hybridized carbons (Fsp3) is 0.280. The Balaban J connectivity index is 1.95. The summed E-state index contributed by atoms with van der Waals surface area (Å²) < 4.78 is 7.17. The lowest BCUT2D eigenvalue weighted by molar-refractivity contribution is 0.0518. The molecule has 0 saturated heterocycles. The van der Waals surface area contributed by atoms with Crippen LogP contribution in [0.5, 0.6) is 0 Å². The second kappa shape index (κ2) is 8.56. The summed E-state index contributed by atoms with van der Waals surface area (Å²) in [5, 5.41) is 0. The van der Waals surface area contributed by atoms with Gasteiger partial charge in [0, 0.05) is 17.3 Å². The maximum atomic E-state index is 12.6. The fourth-order valence-corrected chi connectivity index (χ4v) is 4.13. The van der Waals surface area contributed by atoms with E-state index >= 15 is 0 Å². The minimum Gasteiger partial charge on any atom is -0.461 e. The molecular formula is C25H26N4O2Si. The van der Waals surface area contributed by atoms with Gasteiger partial charge in [-0.05, 0) is 44.2 Å². The third kappa shape index (κ3) is 4.27. The molecule has 0 N–H and O–H groups in total. The molecule has 0 radical (unpaired) electrons. The van der Waals surface area contributed by atoms with Crippen LogP contribution in [0.2, 0.25) is 19.6 Å². The first-order valence-corrected chi connectivity index (χ1v) is 14.2. The summed E-state index contributed by atoms with van der Waals surface area (Å²) in [7, 11) is -1.52. The van der Waals surface area contributed by atoms with Crippen molar-refractivity contribution in [3.63, 3.8) is 0 Å². The van der Waals surface area contributed by atoms with E-state index in [1.807, 2.05) is 41.8 Å². The molecule has 0 amide bonds. The van der Waals surface area contributed by atoms with Crippen molar-refractivity contribution in [1.82, 2.24) is 14.5 Å². The van der Waals surface area contributed by atoms with E-state index in [0.29, 0.717) is 11.4 Å². The number of carbonyl (C=O) groups is 1. The van der Waals surface area contributed by atoms with Gasteiger partial charge in [-0.1, -0.05) is 31.6 Å². The first-order valence-electron chi connectivity index (χ1n) is 10.7. The van der Waals surface area contributed by atoms with Gasteiger partial charge in [0.25, 0.3) is 0 Å². The zero-order valence-electron chi connectivity index (χ0n) is 19.0. The Kier molecular flexibility index (Phi) is 5.81. The predicted octanol–water partition coefficient (Wildman–Crippen LogP) is 4.58. The normalized spacial score (nSPS) is 14.9. The van der Waals surface area contributed by atoms with Crippen molar-refractivity contribution in [2.24, 2.45) is 4.99 Å². The van der Waals surface area contributed by atoms with Gasteiger partial charge in [-0.2, -0.15) is 0 Å². The molecule has 0 saturated carbocycles. The van der Waals surface area contributed by atoms with Gasteiger partial charge in [0.05, 0.1) is 35.4 Å². The zero-order valence-corrected chi connectivity index (χ0v) is 20.0. The summed E-state index contributed by atoms with van der Waals surface area (Å²) in [6.45, 7) is 10.7. The molecule has 7 heteroatoms. The van der Waals surface area contributed by atoms with Gasteiger partial charge >= 0.3 is 5.97 Å². The second-order valence-corrected chi connectivity index (χ2v) is 13.4. The summed E-state index contributed by atoms with van der Waals surface area (Å²) in [6.07, 6.45) is 3.43. The lowest BCUT2D eigenvalue weighted by Crippen LogP contribution is -2.16. The minimum atomic E-state index is -1.52. The van der Waals surface area contributed by atoms with Crippen LogP contribution >= 0.6 is 0 Å². The van der Waals surface area contributed by atoms with Gasteiger partial charge in [0.2, 0.25) is 0 Å². The van der Waals surface area contributed by atoms with E-state index in [4.69, 9.17) is 9.73 Å². The smallest absolute Gasteiger partial charge is 0.358 e. The number of ether oxygens (including phenoxy) is 1. The Morgan fingerprint density at radius 1 is 1.19 bits per heavy atom. The number of imidazole rings is 1. The molecule has 0 unspecified atom stereocenters. The molecule has 3 aromatic rings. The van der Waals surface area contributed by atoms with Gasteiger partial charge < -0.3 is 4.74 Å². The molecule has 0 fully saturated rings. The van der Waals surface area contributed by atoms with E-state index in [0.717, 1.165) is 28.2 Å². The average Bonchev–Trinajstić information content (AvgIpc) is 3.17. The van der Waals surface area contributed by atoms with Crippen LogP contribution in [0.15, 0.2) is 53.9 Å². The van der Waals surface area contributed by atoms with E-state index in [2.05, 4.69) is 47.1 Å². The summed E-state index contributed by atoms with van der Waals surface area (Å²) in [5.74, 6) is 2.90. The Labute approximate surface area is 189 Å². The number of hydrogen-bond donors (Lipinski definition) is 0. The van der Waals surface area contributed by atoms with Crippen molar-refractivity contribution in [2.75, 3.05) is 6.61 Å². The Hall–Kier alpha value is -3.50. The molecule has 0 bridgehead atoms. The number of aromatic nitrogens is 3. The summed E-state index contributed by atoms with van der Waals surface area (Å²) in [4.78, 5) is 26.5. The van der Waals surface area contributed by atoms with Gasteiger partial charge in [0.15, 0.2) is 5.69 Å². The number of aliphatic imine (C=N–C) groups is 1. The zero-order chi connectivity index (χ0) is 22.9. The summed E-state index contributed by atoms with van der Waals surface area (Å²) in [5.41, 5.74) is 8.68. The Bertz CT molecular complexity index is 1260. The molecule has 1 aliphatic heterocycles. The lowest BCUT2D eigenvalue weighted by atomic mass is 10.0. The average molecular weight is 443 g/mol. The quantitative estimate of drug-likeness (QED) is 0.338. The van der Waals surface area contributed by atoms with Crippen LogP contribution in [0.25, 0.3) is 5.69 Å². The third-order valence-electron chi connectivity index (χ3n) is 4.99. The molecule has 1 aromatic carbocycles. The van der Waals surface area contributed by atoms with Crippen molar-refractivity contribution in [3.05, 3.63) is 77.1 Å². The fourth-order valence-electron chi connectivity index (χ4n) is 3.61. The van der Waals surface area contributed by atoms with Crippen LogP contribution < -0.4 is 0 Å². The van der Waals surface area contributed by atoms with E-state index in [-0.39, 0.29) is 12.6 Å². The lowest BCUT2D eigenvalue weighted by Gasteiger charge is -2.12. The maximum Gasteiger partial charge on any atom is 0.358 e. The van der Waals surface area contributed by atoms with Crippen LogP contribution in [-0.2, 0) is 4.74 Å². The first-order chi connectivity index (χ1) is 15.3. The predicted molar refractivity (Wildman–Crippen MR) is 128 cm³/mol. The van der Waals surface area contributed by atoms with Crippen molar-refractivity contribution in [3.8, 4) is 17.2 Å². The molecule has 162 valence electrons. The minimum absolute atomic E-state index is 0.289. The molecule has 6 nitrogen and oxygen atoms in total. The highest BCUT2D eigenvalue weighted by molar-refractivity contribution is 6.83. The van der Waals surface area contributed by atoms with Crippen LogP contribution in [0, 0.1) is 11.5 Å². The van der Waals surface area contributed by atoms with E-state index in [9.17, 15) is 4.79 Å². The van der Waals surface area contributed by atoms with E-state index in [1.54, 1.807) is 19.4 Å². The number of rotatable bonds is 3. The molecule has 0 spiro atoms. The van der Waals surface area contributed by atoms with Crippen molar-refractivity contribution < 1.29 is 9.53 Å². The van der Waals surface area contributed by atoms with Crippen molar-refractivity contribution >= 4 is 19.8 Å². The number of fused-ring (bicyclic) bond motifs is 3. The summed E-state index contributed by atoms with van der Waals surface area (Å²) >= 11 is 0. The highest BCUT2D eigenvalue weighted by Gasteiger charge is 2.29. The second-order valence-electron chi connectivity index (χ2n) is 8.67. The van der Waals surface area contributed by atoms with Crippen LogP contribution in [0.3, 0.4) is 0 Å². The topological polar surface area (TPSA) is 69.4 Å². The molecule has 0 aliphatic carbocycles. The van der Waals surface area contributed by atoms with Gasteiger partial charge in [-0.25, -0.2) is 9.78 Å². The summed E-state index contributed by atoms with van der Waals surface area (Å²) in [6, 6.07) is 11.5. The van der Waals surface area contributed by atoms with Crippen LogP contribution in [-0.4, -0.2) is 40.9 Å². The molecule has 1 aliphatic rings. The van der Waals surface area contributed by atoms with Crippen LogP contribution in [0.1, 0.15) is 52.9 Å². The van der Waals surface area contributed by atoms with Gasteiger partial charge in [-0.3, -0.25) is 14.5 Å². The number of carbonyl (C=O) groups excluding carboxylic acids is 1. The van der Waals surface area contributed by atoms with E-state index in [1.165, 1.54) is 0 Å². The van der Waals surface area contributed by atoms with Crippen molar-refractivity contribution in [2.45, 2.75) is 39.5 Å². The molecule has 32 heavy (non-hydrogen) atoms. The number of benzene rings is 1. The van der Waals surface area contributed by atoms with Gasteiger partial charge in [0.1, 0.15) is 14.4 Å². The first kappa shape index (κ1) is 21.7. The van der Waals surface area contributed by atoms with E-state index < -0.39 is 14.0 Å². The number of pyridine rings is 1. The molecular weight excluding hydrogens is 416 g/mol. The molecule has 4 rings (SSSR count). The van der Waals surface area contributed by atoms with Crippen molar-refractivity contribution in [1.29, 1.82) is 0 Å². The standard InChI is InChI=1S/C25H26N4O2Si/c1-6-31-25(30)23-24-17(2)28-22(20-9-7-8-13-26-20)19-15-18(12-14-32(3,4)5)10-11-21(19)29(24)16-27-23/h7-11,13,15-17H,6H2,1-5H3/t17-/m0/s1. The monoisotopic (exact) mass is 442 g/mol. The highest BCUT2D eigenvalue weighted by Crippen LogP contribution is 2.32. The highest BCUT2D eigenvalue weighted by atomic mass is 28.3. The molecule has 2 aromatic heterocycles. The molecule has 1 atom stereocenters. The van der Waals surface area contributed by atoms with Gasteiger partial charge in [-0.15, -0.1) is 5.54 Å². The largest absolute Gasteiger partial charge is 0.461 e. The Morgan fingerprint density at radius 3 is 2.69 bits per heavy atom. The third-order valence-corrected chi connectivity index (χ3v) is 5.87. The SMILES string of the molecule is CCOC(=O)c1ncn2c1[C@H](C)N=C(c1ccccn1)c1cc(C#C[Si](C)(C)C)ccc1-2. The maximum absolute atomic E-state index is 12.6. The number of nitrogens with zero attached hydrogens (tertiary/aromatic N) is 4. The number of hydrogen-bond acceptors (Lipinski definition) is 5. The van der Waals surface area contributed by atoms with Crippen LogP contribution in [0.4, 0.5) is 0 Å².